The number of hydrogen-bond acceptors (Lipinski definition) is 3. The zero-order valence-electron chi connectivity index (χ0n) is 20.3. The molecule has 1 heterocycles. The fraction of sp³-hybridized carbons (Fsp3) is 0.407. The van der Waals surface area contributed by atoms with Gasteiger partial charge in [-0.15, -0.1) is 0 Å². The van der Waals surface area contributed by atoms with Crippen LogP contribution in [0.3, 0.4) is 0 Å². The van der Waals surface area contributed by atoms with Gasteiger partial charge in [-0.2, -0.15) is 0 Å². The third kappa shape index (κ3) is 7.33. The number of alkyl carbamates (subject to hydrolysis) is 1. The van der Waals surface area contributed by atoms with Gasteiger partial charge in [-0.05, 0) is 68.1 Å². The molecule has 182 valence electrons. The molecule has 0 spiro atoms. The molecule has 2 aromatic carbocycles. The van der Waals surface area contributed by atoms with Crippen molar-refractivity contribution in [3.05, 3.63) is 60.0 Å². The van der Waals surface area contributed by atoms with Gasteiger partial charge in [0.25, 0.3) is 0 Å². The highest BCUT2D eigenvalue weighted by atomic mass is 19.1. The minimum absolute atomic E-state index is 0.124. The topological polar surface area (TPSA) is 83.2 Å². The highest BCUT2D eigenvalue weighted by molar-refractivity contribution is 5.91. The average Bonchev–Trinajstić information content (AvgIpc) is 3.16. The summed E-state index contributed by atoms with van der Waals surface area (Å²) in [6, 6.07) is 12.1. The minimum Gasteiger partial charge on any atom is -0.444 e. The van der Waals surface area contributed by atoms with E-state index < -0.39 is 11.7 Å². The molecule has 2 amide bonds. The van der Waals surface area contributed by atoms with Gasteiger partial charge in [0.2, 0.25) is 5.91 Å². The third-order valence-corrected chi connectivity index (χ3v) is 5.47. The van der Waals surface area contributed by atoms with Crippen molar-refractivity contribution in [2.75, 3.05) is 6.54 Å². The number of amides is 2. The van der Waals surface area contributed by atoms with Crippen LogP contribution in [-0.4, -0.2) is 35.2 Å². The molecule has 0 saturated carbocycles. The molecule has 0 saturated heterocycles. The highest BCUT2D eigenvalue weighted by Gasteiger charge is 2.20. The summed E-state index contributed by atoms with van der Waals surface area (Å²) in [6.07, 6.45) is 4.25. The van der Waals surface area contributed by atoms with Gasteiger partial charge in [-0.1, -0.05) is 38.0 Å². The Hall–Kier alpha value is -3.35. The van der Waals surface area contributed by atoms with Crippen molar-refractivity contribution in [3.63, 3.8) is 0 Å². The zero-order valence-corrected chi connectivity index (χ0v) is 20.3. The number of carbonyl (C=O) groups is 2. The van der Waals surface area contributed by atoms with Crippen LogP contribution in [0, 0.1) is 5.82 Å². The number of unbranched alkanes of at least 4 members (excludes halogenated alkanes) is 1. The lowest BCUT2D eigenvalue weighted by atomic mass is 10.0. The zero-order chi connectivity index (χ0) is 24.7. The van der Waals surface area contributed by atoms with Gasteiger partial charge in [0.05, 0.1) is 6.42 Å². The Morgan fingerprint density at radius 1 is 1.09 bits per heavy atom. The molecule has 3 N–H and O–H groups in total. The summed E-state index contributed by atoms with van der Waals surface area (Å²) in [5.74, 6) is -0.400. The van der Waals surface area contributed by atoms with Crippen molar-refractivity contribution in [2.45, 2.75) is 65.0 Å². The smallest absolute Gasteiger partial charge is 0.407 e. The summed E-state index contributed by atoms with van der Waals surface area (Å²) in [5, 5.41) is 6.77. The number of ether oxygens (including phenoxy) is 1. The molecule has 7 heteroatoms. The summed E-state index contributed by atoms with van der Waals surface area (Å²) in [4.78, 5) is 28.1. The van der Waals surface area contributed by atoms with Crippen LogP contribution in [-0.2, 0) is 16.0 Å². The average molecular weight is 468 g/mol. The second kappa shape index (κ2) is 11.2. The van der Waals surface area contributed by atoms with Crippen molar-refractivity contribution >= 4 is 22.9 Å². The number of H-pyrrole nitrogens is 1. The van der Waals surface area contributed by atoms with E-state index in [9.17, 15) is 14.0 Å². The third-order valence-electron chi connectivity index (χ3n) is 5.47. The maximum absolute atomic E-state index is 13.3. The maximum Gasteiger partial charge on any atom is 0.407 e. The van der Waals surface area contributed by atoms with E-state index in [-0.39, 0.29) is 24.2 Å². The number of nitrogens with one attached hydrogen (secondary N) is 3. The SMILES string of the molecule is CCCC[C@@H](CNC(=O)Cc1c[nH]c2ccc(-c3ccc(F)cc3)cc12)NC(=O)OC(C)(C)C. The molecule has 6 nitrogen and oxygen atoms in total. The normalized spacial score (nSPS) is 12.4. The van der Waals surface area contributed by atoms with E-state index in [1.807, 2.05) is 45.2 Å². The summed E-state index contributed by atoms with van der Waals surface area (Å²) >= 11 is 0. The predicted molar refractivity (Wildman–Crippen MR) is 133 cm³/mol. The second-order valence-electron chi connectivity index (χ2n) is 9.55. The highest BCUT2D eigenvalue weighted by Crippen LogP contribution is 2.27. The fourth-order valence-electron chi connectivity index (χ4n) is 3.77. The van der Waals surface area contributed by atoms with Gasteiger partial charge in [-0.3, -0.25) is 4.79 Å². The Morgan fingerprint density at radius 3 is 2.47 bits per heavy atom. The quantitative estimate of drug-likeness (QED) is 0.377. The molecule has 1 atom stereocenters. The monoisotopic (exact) mass is 467 g/mol. The van der Waals surface area contributed by atoms with E-state index in [2.05, 4.69) is 22.5 Å². The molecule has 0 aliphatic heterocycles. The van der Waals surface area contributed by atoms with Crippen LogP contribution in [0.4, 0.5) is 9.18 Å². The van der Waals surface area contributed by atoms with Crippen molar-refractivity contribution in [2.24, 2.45) is 0 Å². The Bertz CT molecular complexity index is 1120. The molecule has 34 heavy (non-hydrogen) atoms. The number of benzene rings is 2. The predicted octanol–water partition coefficient (Wildman–Crippen LogP) is 5.72. The summed E-state index contributed by atoms with van der Waals surface area (Å²) < 4.78 is 18.6. The first-order valence-corrected chi connectivity index (χ1v) is 11.8. The molecule has 1 aromatic heterocycles. The van der Waals surface area contributed by atoms with Crippen LogP contribution >= 0.6 is 0 Å². The molecule has 3 rings (SSSR count). The number of rotatable bonds is 9. The van der Waals surface area contributed by atoms with Gasteiger partial charge in [0.15, 0.2) is 0 Å². The van der Waals surface area contributed by atoms with Crippen LogP contribution < -0.4 is 10.6 Å². The van der Waals surface area contributed by atoms with Crippen LogP contribution in [0.15, 0.2) is 48.7 Å². The van der Waals surface area contributed by atoms with E-state index in [0.29, 0.717) is 6.54 Å². The molecule has 0 unspecified atom stereocenters. The van der Waals surface area contributed by atoms with Crippen molar-refractivity contribution in [3.8, 4) is 11.1 Å². The van der Waals surface area contributed by atoms with E-state index in [0.717, 1.165) is 46.9 Å². The Kier molecular flexibility index (Phi) is 8.31. The molecular weight excluding hydrogens is 433 g/mol. The summed E-state index contributed by atoms with van der Waals surface area (Å²) in [6.45, 7) is 7.87. The Labute approximate surface area is 200 Å². The molecule has 3 aromatic rings. The van der Waals surface area contributed by atoms with Crippen LogP contribution in [0.25, 0.3) is 22.0 Å². The standard InChI is InChI=1S/C27H34FN3O3/c1-5-6-7-22(31-26(33)34-27(2,3)4)17-30-25(32)15-20-16-29-24-13-10-19(14-23(20)24)18-8-11-21(28)12-9-18/h8-14,16,22,29H,5-7,15,17H2,1-4H3,(H,30,32)(H,31,33)/t22-/m0/s1. The van der Waals surface area contributed by atoms with Gasteiger partial charge < -0.3 is 20.4 Å². The lowest BCUT2D eigenvalue weighted by molar-refractivity contribution is -0.120. The van der Waals surface area contributed by atoms with Crippen molar-refractivity contribution in [1.29, 1.82) is 0 Å². The molecule has 0 aliphatic carbocycles. The molecule has 0 radical (unpaired) electrons. The van der Waals surface area contributed by atoms with Crippen LogP contribution in [0.2, 0.25) is 0 Å². The van der Waals surface area contributed by atoms with Gasteiger partial charge in [0.1, 0.15) is 11.4 Å². The first-order chi connectivity index (χ1) is 16.1. The first kappa shape index (κ1) is 25.3. The van der Waals surface area contributed by atoms with Crippen molar-refractivity contribution in [1.82, 2.24) is 15.6 Å². The van der Waals surface area contributed by atoms with Gasteiger partial charge >= 0.3 is 6.09 Å². The summed E-state index contributed by atoms with van der Waals surface area (Å²) in [5.41, 5.74) is 3.09. The van der Waals surface area contributed by atoms with E-state index >= 15 is 0 Å². The summed E-state index contributed by atoms with van der Waals surface area (Å²) in [7, 11) is 0. The van der Waals surface area contributed by atoms with E-state index in [1.165, 1.54) is 12.1 Å². The number of aromatic nitrogens is 1. The Morgan fingerprint density at radius 2 is 1.79 bits per heavy atom. The lowest BCUT2D eigenvalue weighted by Gasteiger charge is -2.24. The number of carbonyl (C=O) groups excluding carboxylic acids is 2. The maximum atomic E-state index is 13.3. The largest absolute Gasteiger partial charge is 0.444 e. The molecule has 0 bridgehead atoms. The first-order valence-electron chi connectivity index (χ1n) is 11.8. The van der Waals surface area contributed by atoms with E-state index in [1.54, 1.807) is 12.1 Å². The van der Waals surface area contributed by atoms with Gasteiger partial charge in [0, 0.05) is 29.7 Å². The molecular formula is C27H34FN3O3. The molecule has 0 fully saturated rings. The number of halogens is 1. The lowest BCUT2D eigenvalue weighted by Crippen LogP contribution is -2.45. The van der Waals surface area contributed by atoms with Gasteiger partial charge in [-0.25, -0.2) is 9.18 Å². The minimum atomic E-state index is -0.579. The van der Waals surface area contributed by atoms with Crippen LogP contribution in [0.1, 0.15) is 52.5 Å². The van der Waals surface area contributed by atoms with Crippen LogP contribution in [0.5, 0.6) is 0 Å². The number of hydrogen-bond donors (Lipinski definition) is 3. The molecule has 0 aliphatic rings. The Balaban J connectivity index is 1.64. The fourth-order valence-corrected chi connectivity index (χ4v) is 3.77. The van der Waals surface area contributed by atoms with Crippen molar-refractivity contribution < 1.29 is 18.7 Å². The number of fused-ring (bicyclic) bond motifs is 1. The number of aromatic amines is 1. The van der Waals surface area contributed by atoms with E-state index in [4.69, 9.17) is 4.74 Å². The second-order valence-corrected chi connectivity index (χ2v) is 9.55.